The molecular formula is C5H9N2O+. The standard InChI is InChI=1S/C5H9N2O/c1-7-3-2-4(6)5(7)8/h4H,1-3,6H2/q+1. The third kappa shape index (κ3) is 0.648. The van der Waals surface area contributed by atoms with Crippen LogP contribution in [0.4, 0.5) is 0 Å². The summed E-state index contributed by atoms with van der Waals surface area (Å²) in [6.45, 7) is 4.18. The predicted molar refractivity (Wildman–Crippen MR) is 29.8 cm³/mol. The number of rotatable bonds is 0. The first kappa shape index (κ1) is 5.44. The van der Waals surface area contributed by atoms with Gasteiger partial charge in [0, 0.05) is 6.42 Å². The predicted octanol–water partition coefficient (Wildman–Crippen LogP) is -1.04. The lowest BCUT2D eigenvalue weighted by molar-refractivity contribution is -0.424. The number of nitrogens with two attached hydrogens (primary N) is 1. The highest BCUT2D eigenvalue weighted by atomic mass is 16.2. The van der Waals surface area contributed by atoms with Gasteiger partial charge in [-0.15, -0.1) is 0 Å². The third-order valence-corrected chi connectivity index (χ3v) is 1.34. The Balaban J connectivity index is 2.71. The van der Waals surface area contributed by atoms with Gasteiger partial charge in [-0.3, -0.25) is 0 Å². The van der Waals surface area contributed by atoms with Gasteiger partial charge < -0.3 is 5.73 Å². The van der Waals surface area contributed by atoms with Crippen molar-refractivity contribution in [2.45, 2.75) is 12.5 Å². The van der Waals surface area contributed by atoms with Crippen LogP contribution in [-0.4, -0.2) is 29.8 Å². The average Bonchev–Trinajstić information content (AvgIpc) is 1.98. The van der Waals surface area contributed by atoms with Gasteiger partial charge in [0.25, 0.3) is 0 Å². The molecule has 0 aromatic carbocycles. The molecule has 1 fully saturated rings. The molecule has 3 nitrogen and oxygen atoms in total. The molecule has 0 bridgehead atoms. The van der Waals surface area contributed by atoms with Gasteiger partial charge in [0.15, 0.2) is 6.54 Å². The molecule has 44 valence electrons. The van der Waals surface area contributed by atoms with E-state index >= 15 is 0 Å². The molecule has 0 spiro atoms. The molecule has 8 heavy (non-hydrogen) atoms. The minimum absolute atomic E-state index is 0.0370. The Kier molecular flexibility index (Phi) is 1.13. The number of carbonyl (C=O) groups is 1. The normalized spacial score (nSPS) is 29.4. The van der Waals surface area contributed by atoms with Crippen LogP contribution in [0.15, 0.2) is 0 Å². The lowest BCUT2D eigenvalue weighted by Crippen LogP contribution is -2.28. The van der Waals surface area contributed by atoms with E-state index in [1.807, 2.05) is 0 Å². The van der Waals surface area contributed by atoms with Gasteiger partial charge in [-0.1, -0.05) is 0 Å². The number of amides is 1. The summed E-state index contributed by atoms with van der Waals surface area (Å²) >= 11 is 0. The summed E-state index contributed by atoms with van der Waals surface area (Å²) in [5.74, 6) is -0.0370. The van der Waals surface area contributed by atoms with Crippen molar-refractivity contribution in [3.63, 3.8) is 0 Å². The van der Waals surface area contributed by atoms with Crippen LogP contribution in [0.2, 0.25) is 0 Å². The van der Waals surface area contributed by atoms with Gasteiger partial charge in [0.1, 0.15) is 12.8 Å². The molecule has 1 heterocycles. The van der Waals surface area contributed by atoms with Crippen LogP contribution in [0.1, 0.15) is 6.42 Å². The van der Waals surface area contributed by atoms with E-state index in [-0.39, 0.29) is 11.9 Å². The number of nitrogens with zero attached hydrogens (tertiary/aromatic N) is 1. The summed E-state index contributed by atoms with van der Waals surface area (Å²) in [4.78, 5) is 10.6. The monoisotopic (exact) mass is 113 g/mol. The lowest BCUT2D eigenvalue weighted by atomic mass is 10.3. The van der Waals surface area contributed by atoms with Crippen molar-refractivity contribution in [2.75, 3.05) is 6.54 Å². The van der Waals surface area contributed by atoms with Gasteiger partial charge >= 0.3 is 5.91 Å². The van der Waals surface area contributed by atoms with Crippen molar-refractivity contribution < 1.29 is 9.37 Å². The van der Waals surface area contributed by atoms with E-state index in [0.717, 1.165) is 6.42 Å². The van der Waals surface area contributed by atoms with Crippen molar-refractivity contribution in [1.82, 2.24) is 0 Å². The molecule has 3 heteroatoms. The molecular weight excluding hydrogens is 104 g/mol. The Morgan fingerprint density at radius 2 is 2.50 bits per heavy atom. The SMILES string of the molecule is C=[N+]1CCC(N)C1=O. The topological polar surface area (TPSA) is 46.1 Å². The van der Waals surface area contributed by atoms with E-state index in [1.54, 1.807) is 0 Å². The summed E-state index contributed by atoms with van der Waals surface area (Å²) in [5.41, 5.74) is 5.34. The van der Waals surface area contributed by atoms with E-state index in [0.29, 0.717) is 6.54 Å². The summed E-state index contributed by atoms with van der Waals surface area (Å²) in [6.07, 6.45) is 0.752. The Morgan fingerprint density at radius 3 is 2.62 bits per heavy atom. The van der Waals surface area contributed by atoms with E-state index in [4.69, 9.17) is 5.73 Å². The smallest absolute Gasteiger partial charge is 0.316 e. The summed E-state index contributed by atoms with van der Waals surface area (Å²) < 4.78 is 1.41. The zero-order valence-electron chi connectivity index (χ0n) is 4.63. The van der Waals surface area contributed by atoms with Crippen LogP contribution in [0.5, 0.6) is 0 Å². The molecule has 1 aliphatic rings. The largest absolute Gasteiger partial charge is 0.403 e. The van der Waals surface area contributed by atoms with Crippen LogP contribution < -0.4 is 5.73 Å². The highest BCUT2D eigenvalue weighted by Crippen LogP contribution is 2.00. The molecule has 0 saturated carbocycles. The van der Waals surface area contributed by atoms with Gasteiger partial charge in [-0.2, -0.15) is 4.58 Å². The minimum Gasteiger partial charge on any atom is -0.316 e. The fourth-order valence-electron chi connectivity index (χ4n) is 0.763. The van der Waals surface area contributed by atoms with Gasteiger partial charge in [0.2, 0.25) is 0 Å². The summed E-state index contributed by atoms with van der Waals surface area (Å²) in [7, 11) is 0. The van der Waals surface area contributed by atoms with E-state index in [2.05, 4.69) is 6.72 Å². The van der Waals surface area contributed by atoms with Crippen molar-refractivity contribution in [1.29, 1.82) is 0 Å². The highest BCUT2D eigenvalue weighted by Gasteiger charge is 2.31. The third-order valence-electron chi connectivity index (χ3n) is 1.34. The zero-order valence-corrected chi connectivity index (χ0v) is 4.63. The number of hydrogen-bond donors (Lipinski definition) is 1. The summed E-state index contributed by atoms with van der Waals surface area (Å²) in [5, 5.41) is 0. The Labute approximate surface area is 47.8 Å². The van der Waals surface area contributed by atoms with E-state index in [9.17, 15) is 4.79 Å². The van der Waals surface area contributed by atoms with Crippen LogP contribution in [-0.2, 0) is 4.79 Å². The second-order valence-corrected chi connectivity index (χ2v) is 2.00. The molecule has 0 aromatic rings. The van der Waals surface area contributed by atoms with Crippen LogP contribution >= 0.6 is 0 Å². The van der Waals surface area contributed by atoms with Crippen molar-refractivity contribution in [3.8, 4) is 0 Å². The fraction of sp³-hybridized carbons (Fsp3) is 0.600. The average molecular weight is 113 g/mol. The van der Waals surface area contributed by atoms with E-state index < -0.39 is 0 Å². The first-order chi connectivity index (χ1) is 3.72. The van der Waals surface area contributed by atoms with Gasteiger partial charge in [0.05, 0.1) is 0 Å². The molecule has 1 aliphatic heterocycles. The molecule has 1 unspecified atom stereocenters. The summed E-state index contributed by atoms with van der Waals surface area (Å²) in [6, 6.07) is -0.285. The molecule has 1 amide bonds. The Hall–Kier alpha value is -0.700. The molecule has 2 N–H and O–H groups in total. The maximum atomic E-state index is 10.6. The molecule has 1 rings (SSSR count). The Morgan fingerprint density at radius 1 is 1.88 bits per heavy atom. The molecule has 0 aliphatic carbocycles. The quantitative estimate of drug-likeness (QED) is 0.408. The molecule has 0 radical (unpaired) electrons. The van der Waals surface area contributed by atoms with Crippen LogP contribution in [0.25, 0.3) is 0 Å². The molecule has 1 saturated heterocycles. The van der Waals surface area contributed by atoms with Crippen molar-refractivity contribution in [3.05, 3.63) is 0 Å². The lowest BCUT2D eigenvalue weighted by Gasteiger charge is -1.85. The maximum absolute atomic E-state index is 10.6. The van der Waals surface area contributed by atoms with Crippen LogP contribution in [0.3, 0.4) is 0 Å². The van der Waals surface area contributed by atoms with Crippen molar-refractivity contribution >= 4 is 12.6 Å². The Bertz CT molecular complexity index is 141. The van der Waals surface area contributed by atoms with E-state index in [1.165, 1.54) is 4.58 Å². The number of carbonyl (C=O) groups excluding carboxylic acids is 1. The first-order valence-electron chi connectivity index (χ1n) is 2.59. The van der Waals surface area contributed by atoms with Gasteiger partial charge in [-0.25, -0.2) is 4.79 Å². The maximum Gasteiger partial charge on any atom is 0.403 e. The van der Waals surface area contributed by atoms with Crippen molar-refractivity contribution in [2.24, 2.45) is 5.73 Å². The number of hydrogen-bond acceptors (Lipinski definition) is 2. The first-order valence-corrected chi connectivity index (χ1v) is 2.59. The zero-order chi connectivity index (χ0) is 6.15. The molecule has 0 aromatic heterocycles. The second kappa shape index (κ2) is 1.67. The fourth-order valence-corrected chi connectivity index (χ4v) is 0.763. The highest BCUT2D eigenvalue weighted by molar-refractivity contribution is 5.76. The minimum atomic E-state index is -0.285. The van der Waals surface area contributed by atoms with Gasteiger partial charge in [-0.05, 0) is 0 Å². The van der Waals surface area contributed by atoms with Crippen LogP contribution in [0, 0.1) is 0 Å². The molecule has 1 atom stereocenters. The second-order valence-electron chi connectivity index (χ2n) is 2.00.